The summed E-state index contributed by atoms with van der Waals surface area (Å²) >= 11 is 0. The molecule has 0 aliphatic heterocycles. The standard InChI is InChI=1S/C20H25NO3S/c1-4-19(17-10-12-18(13-11-17)25(3,23)24)21-20(22)14-9-16-7-5-15(2)6-8-16/h5-8,10-13,19H,4,9,14H2,1-3H3,(H,21,22). The number of benzene rings is 2. The lowest BCUT2D eigenvalue weighted by Crippen LogP contribution is -2.28. The largest absolute Gasteiger partial charge is 0.349 e. The monoisotopic (exact) mass is 359 g/mol. The maximum atomic E-state index is 12.2. The average Bonchev–Trinajstić information content (AvgIpc) is 2.58. The van der Waals surface area contributed by atoms with Gasteiger partial charge in [-0.1, -0.05) is 48.9 Å². The van der Waals surface area contributed by atoms with E-state index in [2.05, 4.69) is 5.32 Å². The molecule has 0 spiro atoms. The summed E-state index contributed by atoms with van der Waals surface area (Å²) < 4.78 is 23.1. The fourth-order valence-corrected chi connectivity index (χ4v) is 3.28. The summed E-state index contributed by atoms with van der Waals surface area (Å²) in [5.74, 6) is -0.000357. The number of rotatable bonds is 7. The van der Waals surface area contributed by atoms with Gasteiger partial charge in [0.15, 0.2) is 9.84 Å². The van der Waals surface area contributed by atoms with Crippen molar-refractivity contribution in [2.24, 2.45) is 0 Å². The number of carbonyl (C=O) groups is 1. The van der Waals surface area contributed by atoms with Crippen LogP contribution in [0.5, 0.6) is 0 Å². The fourth-order valence-electron chi connectivity index (χ4n) is 2.65. The van der Waals surface area contributed by atoms with Crippen molar-refractivity contribution in [3.63, 3.8) is 0 Å². The lowest BCUT2D eigenvalue weighted by Gasteiger charge is -2.18. The normalized spacial score (nSPS) is 12.6. The lowest BCUT2D eigenvalue weighted by molar-refractivity contribution is -0.121. The number of amides is 1. The van der Waals surface area contributed by atoms with E-state index in [1.165, 1.54) is 11.8 Å². The highest BCUT2D eigenvalue weighted by Gasteiger charge is 2.14. The molecule has 0 heterocycles. The van der Waals surface area contributed by atoms with Crippen LogP contribution in [0.3, 0.4) is 0 Å². The van der Waals surface area contributed by atoms with Gasteiger partial charge in [-0.05, 0) is 43.0 Å². The van der Waals surface area contributed by atoms with E-state index in [1.54, 1.807) is 24.3 Å². The zero-order valence-electron chi connectivity index (χ0n) is 15.0. The van der Waals surface area contributed by atoms with Crippen molar-refractivity contribution in [3.8, 4) is 0 Å². The Balaban J connectivity index is 1.96. The zero-order chi connectivity index (χ0) is 18.4. The van der Waals surface area contributed by atoms with E-state index >= 15 is 0 Å². The summed E-state index contributed by atoms with van der Waals surface area (Å²) in [6.45, 7) is 4.03. The maximum Gasteiger partial charge on any atom is 0.220 e. The molecule has 0 radical (unpaired) electrons. The quantitative estimate of drug-likeness (QED) is 0.821. The third-order valence-corrected chi connectivity index (χ3v) is 5.34. The number of hydrogen-bond acceptors (Lipinski definition) is 3. The maximum absolute atomic E-state index is 12.2. The van der Waals surface area contributed by atoms with Crippen LogP contribution in [-0.4, -0.2) is 20.6 Å². The number of nitrogens with one attached hydrogen (secondary N) is 1. The van der Waals surface area contributed by atoms with Crippen LogP contribution in [0.4, 0.5) is 0 Å². The van der Waals surface area contributed by atoms with Gasteiger partial charge >= 0.3 is 0 Å². The lowest BCUT2D eigenvalue weighted by atomic mass is 10.0. The van der Waals surface area contributed by atoms with E-state index in [-0.39, 0.29) is 16.8 Å². The van der Waals surface area contributed by atoms with Crippen molar-refractivity contribution in [2.75, 3.05) is 6.26 Å². The van der Waals surface area contributed by atoms with Crippen molar-refractivity contribution in [3.05, 3.63) is 65.2 Å². The predicted molar refractivity (Wildman–Crippen MR) is 100 cm³/mol. The Morgan fingerprint density at radius 1 is 1.04 bits per heavy atom. The minimum absolute atomic E-state index is 0.000357. The van der Waals surface area contributed by atoms with Gasteiger partial charge in [0.05, 0.1) is 10.9 Å². The molecule has 1 unspecified atom stereocenters. The second kappa shape index (κ2) is 8.30. The Bertz CT molecular complexity index is 809. The molecule has 2 rings (SSSR count). The van der Waals surface area contributed by atoms with Gasteiger partial charge in [0.2, 0.25) is 5.91 Å². The van der Waals surface area contributed by atoms with E-state index in [9.17, 15) is 13.2 Å². The summed E-state index contributed by atoms with van der Waals surface area (Å²) in [6.07, 6.45) is 3.07. The van der Waals surface area contributed by atoms with Crippen molar-refractivity contribution in [1.29, 1.82) is 0 Å². The van der Waals surface area contributed by atoms with Crippen LogP contribution < -0.4 is 5.32 Å². The molecule has 4 nitrogen and oxygen atoms in total. The van der Waals surface area contributed by atoms with Crippen LogP contribution in [0.15, 0.2) is 53.4 Å². The second-order valence-electron chi connectivity index (χ2n) is 6.36. The molecule has 0 aliphatic carbocycles. The van der Waals surface area contributed by atoms with E-state index in [4.69, 9.17) is 0 Å². The Morgan fingerprint density at radius 2 is 1.64 bits per heavy atom. The molecular formula is C20H25NO3S. The molecule has 0 bridgehead atoms. The van der Waals surface area contributed by atoms with Crippen molar-refractivity contribution >= 4 is 15.7 Å². The SMILES string of the molecule is CCC(NC(=O)CCc1ccc(C)cc1)c1ccc(S(C)(=O)=O)cc1. The van der Waals surface area contributed by atoms with Crippen molar-refractivity contribution in [2.45, 2.75) is 44.0 Å². The first-order chi connectivity index (χ1) is 11.8. The van der Waals surface area contributed by atoms with E-state index < -0.39 is 9.84 Å². The Labute approximate surface area is 150 Å². The van der Waals surface area contributed by atoms with Gasteiger partial charge in [0.25, 0.3) is 0 Å². The first-order valence-corrected chi connectivity index (χ1v) is 10.3. The Hall–Kier alpha value is -2.14. The predicted octanol–water partition coefficient (Wildman–Crippen LogP) is 3.60. The van der Waals surface area contributed by atoms with E-state index in [1.807, 2.05) is 38.1 Å². The molecule has 0 saturated carbocycles. The third-order valence-electron chi connectivity index (χ3n) is 4.22. The van der Waals surface area contributed by atoms with Crippen molar-refractivity contribution in [1.82, 2.24) is 5.32 Å². The molecule has 5 heteroatoms. The topological polar surface area (TPSA) is 63.2 Å². The van der Waals surface area contributed by atoms with Gasteiger partial charge in [-0.15, -0.1) is 0 Å². The summed E-state index contributed by atoms with van der Waals surface area (Å²) in [5, 5.41) is 3.03. The summed E-state index contributed by atoms with van der Waals surface area (Å²) in [7, 11) is -3.20. The second-order valence-corrected chi connectivity index (χ2v) is 8.37. The highest BCUT2D eigenvalue weighted by Crippen LogP contribution is 2.19. The number of carbonyl (C=O) groups excluding carboxylic acids is 1. The van der Waals surface area contributed by atoms with Gasteiger partial charge in [0.1, 0.15) is 0 Å². The average molecular weight is 359 g/mol. The summed E-state index contributed by atoms with van der Waals surface area (Å²) in [6, 6.07) is 14.8. The molecule has 1 atom stereocenters. The van der Waals surface area contributed by atoms with Gasteiger partial charge in [0, 0.05) is 12.7 Å². The third kappa shape index (κ3) is 5.71. The minimum atomic E-state index is -3.20. The molecule has 2 aromatic carbocycles. The first kappa shape index (κ1) is 19.2. The number of hydrogen-bond donors (Lipinski definition) is 1. The molecule has 25 heavy (non-hydrogen) atoms. The molecule has 0 saturated heterocycles. The summed E-state index contributed by atoms with van der Waals surface area (Å²) in [5.41, 5.74) is 3.27. The van der Waals surface area contributed by atoms with Gasteiger partial charge in [-0.25, -0.2) is 8.42 Å². The highest BCUT2D eigenvalue weighted by molar-refractivity contribution is 7.90. The van der Waals surface area contributed by atoms with Crippen molar-refractivity contribution < 1.29 is 13.2 Å². The molecule has 134 valence electrons. The van der Waals surface area contributed by atoms with Crippen LogP contribution in [0.25, 0.3) is 0 Å². The Morgan fingerprint density at radius 3 is 2.16 bits per heavy atom. The minimum Gasteiger partial charge on any atom is -0.349 e. The summed E-state index contributed by atoms with van der Waals surface area (Å²) in [4.78, 5) is 12.5. The molecule has 0 aliphatic rings. The van der Waals surface area contributed by atoms with E-state index in [0.29, 0.717) is 12.8 Å². The Kier molecular flexibility index (Phi) is 6.37. The van der Waals surface area contributed by atoms with Gasteiger partial charge in [-0.3, -0.25) is 4.79 Å². The molecular weight excluding hydrogens is 334 g/mol. The molecule has 1 N–H and O–H groups in total. The highest BCUT2D eigenvalue weighted by atomic mass is 32.2. The first-order valence-electron chi connectivity index (χ1n) is 8.44. The van der Waals surface area contributed by atoms with Gasteiger partial charge < -0.3 is 5.32 Å². The smallest absolute Gasteiger partial charge is 0.220 e. The molecule has 0 aromatic heterocycles. The van der Waals surface area contributed by atoms with Crippen LogP contribution in [0.2, 0.25) is 0 Å². The van der Waals surface area contributed by atoms with Crippen LogP contribution in [0, 0.1) is 6.92 Å². The van der Waals surface area contributed by atoms with Crippen LogP contribution >= 0.6 is 0 Å². The molecule has 0 fully saturated rings. The van der Waals surface area contributed by atoms with Gasteiger partial charge in [-0.2, -0.15) is 0 Å². The molecule has 1 amide bonds. The van der Waals surface area contributed by atoms with Crippen LogP contribution in [-0.2, 0) is 21.1 Å². The number of aryl methyl sites for hydroxylation is 2. The zero-order valence-corrected chi connectivity index (χ0v) is 15.8. The fraction of sp³-hybridized carbons (Fsp3) is 0.350. The molecule has 2 aromatic rings. The van der Waals surface area contributed by atoms with E-state index in [0.717, 1.165) is 17.5 Å². The number of sulfone groups is 1. The van der Waals surface area contributed by atoms with Crippen LogP contribution in [0.1, 0.15) is 42.5 Å².